The summed E-state index contributed by atoms with van der Waals surface area (Å²) in [4.78, 5) is 11.1. The predicted octanol–water partition coefficient (Wildman–Crippen LogP) is 1.58. The molecule has 21 heavy (non-hydrogen) atoms. The number of methoxy groups -OCH3 is 1. The van der Waals surface area contributed by atoms with E-state index in [0.29, 0.717) is 0 Å². The smallest absolute Gasteiger partial charge is 0.185 e. The van der Waals surface area contributed by atoms with E-state index >= 15 is 0 Å². The molecule has 1 aliphatic heterocycles. The average molecular weight is 312 g/mol. The Morgan fingerprint density at radius 1 is 1.29 bits per heavy atom. The molecule has 1 fully saturated rings. The van der Waals surface area contributed by atoms with Gasteiger partial charge in [-0.2, -0.15) is 0 Å². The van der Waals surface area contributed by atoms with Crippen LogP contribution >= 0.6 is 11.3 Å². The average Bonchev–Trinajstić information content (AvgIpc) is 2.88. The fraction of sp³-hybridized carbons (Fsp3) is 0.800. The lowest BCUT2D eigenvalue weighted by atomic mass is 10.2. The third-order valence-corrected chi connectivity index (χ3v) is 4.95. The Hall–Kier alpha value is -0.690. The van der Waals surface area contributed by atoms with Gasteiger partial charge in [-0.15, -0.1) is 11.3 Å². The largest absolute Gasteiger partial charge is 0.383 e. The Morgan fingerprint density at radius 3 is 2.71 bits per heavy atom. The Balaban J connectivity index is 1.98. The number of piperazine rings is 1. The van der Waals surface area contributed by atoms with Crippen LogP contribution in [0.3, 0.4) is 0 Å². The van der Waals surface area contributed by atoms with E-state index in [4.69, 9.17) is 9.72 Å². The molecule has 6 heteroatoms. The lowest BCUT2D eigenvalue weighted by Gasteiger charge is -2.32. The molecule has 0 bridgehead atoms. The van der Waals surface area contributed by atoms with Crippen molar-refractivity contribution >= 4 is 16.5 Å². The van der Waals surface area contributed by atoms with Crippen molar-refractivity contribution < 1.29 is 4.74 Å². The monoisotopic (exact) mass is 312 g/mol. The molecule has 2 heterocycles. The van der Waals surface area contributed by atoms with Crippen molar-refractivity contribution in [2.75, 3.05) is 58.4 Å². The molecule has 0 radical (unpaired) electrons. The predicted molar refractivity (Wildman–Crippen MR) is 89.4 cm³/mol. The minimum absolute atomic E-state index is 0.757. The second-order valence-electron chi connectivity index (χ2n) is 5.58. The van der Waals surface area contributed by atoms with Crippen LogP contribution in [-0.2, 0) is 17.7 Å². The molecule has 0 amide bonds. The van der Waals surface area contributed by atoms with E-state index in [2.05, 4.69) is 29.1 Å². The van der Waals surface area contributed by atoms with Gasteiger partial charge in [-0.25, -0.2) is 4.98 Å². The summed E-state index contributed by atoms with van der Waals surface area (Å²) >= 11 is 1.86. The van der Waals surface area contributed by atoms with Crippen molar-refractivity contribution in [3.8, 4) is 0 Å². The molecule has 0 spiro atoms. The molecule has 1 saturated heterocycles. The van der Waals surface area contributed by atoms with Crippen LogP contribution < -0.4 is 10.2 Å². The van der Waals surface area contributed by atoms with Crippen molar-refractivity contribution in [2.45, 2.75) is 26.3 Å². The third-order valence-electron chi connectivity index (χ3n) is 3.80. The van der Waals surface area contributed by atoms with Gasteiger partial charge in [0.05, 0.1) is 12.3 Å². The van der Waals surface area contributed by atoms with Gasteiger partial charge >= 0.3 is 0 Å². The normalized spacial score (nSPS) is 16.6. The summed E-state index contributed by atoms with van der Waals surface area (Å²) in [5, 5.41) is 4.65. The summed E-state index contributed by atoms with van der Waals surface area (Å²) in [6.45, 7) is 9.21. The van der Waals surface area contributed by atoms with Gasteiger partial charge in [-0.3, -0.25) is 0 Å². The number of nitrogens with zero attached hydrogens (tertiary/aromatic N) is 3. The van der Waals surface area contributed by atoms with Gasteiger partial charge in [0.1, 0.15) is 0 Å². The second-order valence-corrected chi connectivity index (χ2v) is 6.64. The Kier molecular flexibility index (Phi) is 6.89. The molecule has 0 atom stereocenters. The van der Waals surface area contributed by atoms with Crippen LogP contribution in [-0.4, -0.2) is 63.4 Å². The fourth-order valence-corrected chi connectivity index (χ4v) is 3.58. The van der Waals surface area contributed by atoms with Gasteiger partial charge in [-0.05, 0) is 13.5 Å². The van der Waals surface area contributed by atoms with E-state index in [1.54, 1.807) is 7.11 Å². The number of hydrogen-bond donors (Lipinski definition) is 1. The number of aryl methyl sites for hydroxylation is 1. The van der Waals surface area contributed by atoms with E-state index in [-0.39, 0.29) is 0 Å². The lowest BCUT2D eigenvalue weighted by Crippen LogP contribution is -2.44. The molecule has 0 aliphatic carbocycles. The molecular formula is C15H28N4OS. The number of thiazole rings is 1. The summed E-state index contributed by atoms with van der Waals surface area (Å²) in [5.41, 5.74) is 1.28. The summed E-state index contributed by atoms with van der Waals surface area (Å²) < 4.78 is 5.08. The summed E-state index contributed by atoms with van der Waals surface area (Å²) in [5.74, 6) is 0. The summed E-state index contributed by atoms with van der Waals surface area (Å²) in [6, 6.07) is 0. The highest BCUT2D eigenvalue weighted by Crippen LogP contribution is 2.28. The van der Waals surface area contributed by atoms with Crippen molar-refractivity contribution in [1.29, 1.82) is 0 Å². The van der Waals surface area contributed by atoms with Gasteiger partial charge in [0, 0.05) is 51.3 Å². The van der Waals surface area contributed by atoms with Gasteiger partial charge < -0.3 is 19.9 Å². The number of aromatic nitrogens is 1. The molecule has 120 valence electrons. The molecule has 1 aromatic rings. The fourth-order valence-electron chi connectivity index (χ4n) is 2.45. The Labute approximate surface area is 132 Å². The van der Waals surface area contributed by atoms with E-state index in [1.165, 1.54) is 15.7 Å². The number of hydrogen-bond acceptors (Lipinski definition) is 6. The molecule has 2 rings (SSSR count). The highest BCUT2D eigenvalue weighted by Gasteiger charge is 2.19. The van der Waals surface area contributed by atoms with Crippen LogP contribution in [0, 0.1) is 0 Å². The van der Waals surface area contributed by atoms with Gasteiger partial charge in [0.25, 0.3) is 0 Å². The Bertz CT molecular complexity index is 416. The van der Waals surface area contributed by atoms with Crippen molar-refractivity contribution in [2.24, 2.45) is 0 Å². The Morgan fingerprint density at radius 2 is 2.05 bits per heavy atom. The lowest BCUT2D eigenvalue weighted by molar-refractivity contribution is 0.199. The SMILES string of the molecule is CCCc1nc(N2CCN(C)CC2)sc1CNCCOC. The zero-order valence-corrected chi connectivity index (χ0v) is 14.3. The molecule has 1 aromatic heterocycles. The van der Waals surface area contributed by atoms with Crippen LogP contribution in [0.2, 0.25) is 0 Å². The molecule has 1 N–H and O–H groups in total. The maximum atomic E-state index is 5.08. The highest BCUT2D eigenvalue weighted by atomic mass is 32.1. The topological polar surface area (TPSA) is 40.6 Å². The van der Waals surface area contributed by atoms with E-state index < -0.39 is 0 Å². The van der Waals surface area contributed by atoms with Gasteiger partial charge in [0.15, 0.2) is 5.13 Å². The van der Waals surface area contributed by atoms with E-state index in [9.17, 15) is 0 Å². The van der Waals surface area contributed by atoms with Gasteiger partial charge in [0.2, 0.25) is 0 Å². The maximum Gasteiger partial charge on any atom is 0.185 e. The van der Waals surface area contributed by atoms with Crippen molar-refractivity contribution in [1.82, 2.24) is 15.2 Å². The standard InChI is InChI=1S/C15H28N4OS/c1-4-5-13-14(12-16-6-11-20-3)21-15(17-13)19-9-7-18(2)8-10-19/h16H,4-12H2,1-3H3. The second kappa shape index (κ2) is 8.68. The first kappa shape index (κ1) is 16.7. The zero-order chi connectivity index (χ0) is 15.1. The number of rotatable bonds is 8. The molecule has 5 nitrogen and oxygen atoms in total. The van der Waals surface area contributed by atoms with Crippen LogP contribution in [0.4, 0.5) is 5.13 Å². The van der Waals surface area contributed by atoms with E-state index in [0.717, 1.165) is 58.7 Å². The number of likely N-dealkylation sites (N-methyl/N-ethyl adjacent to an activating group) is 1. The first-order valence-corrected chi connectivity index (χ1v) is 8.68. The highest BCUT2D eigenvalue weighted by molar-refractivity contribution is 7.15. The van der Waals surface area contributed by atoms with Crippen LogP contribution in [0.15, 0.2) is 0 Å². The third kappa shape index (κ3) is 4.92. The van der Waals surface area contributed by atoms with Crippen LogP contribution in [0.25, 0.3) is 0 Å². The molecule has 1 aliphatic rings. The number of ether oxygens (including phenoxy) is 1. The number of nitrogens with one attached hydrogen (secondary N) is 1. The van der Waals surface area contributed by atoms with Crippen molar-refractivity contribution in [3.63, 3.8) is 0 Å². The van der Waals surface area contributed by atoms with Crippen molar-refractivity contribution in [3.05, 3.63) is 10.6 Å². The van der Waals surface area contributed by atoms with Crippen LogP contribution in [0.5, 0.6) is 0 Å². The maximum absolute atomic E-state index is 5.08. The number of anilines is 1. The summed E-state index contributed by atoms with van der Waals surface area (Å²) in [6.07, 6.45) is 2.22. The molecular weight excluding hydrogens is 284 g/mol. The minimum Gasteiger partial charge on any atom is -0.383 e. The zero-order valence-electron chi connectivity index (χ0n) is 13.5. The van der Waals surface area contributed by atoms with Gasteiger partial charge in [-0.1, -0.05) is 13.3 Å². The van der Waals surface area contributed by atoms with Crippen LogP contribution in [0.1, 0.15) is 23.9 Å². The first-order valence-electron chi connectivity index (χ1n) is 7.86. The quantitative estimate of drug-likeness (QED) is 0.738. The molecule has 0 unspecified atom stereocenters. The minimum atomic E-state index is 0.757. The molecule has 0 aromatic carbocycles. The first-order chi connectivity index (χ1) is 10.2. The molecule has 0 saturated carbocycles. The van der Waals surface area contributed by atoms with E-state index in [1.807, 2.05) is 11.3 Å². The summed E-state index contributed by atoms with van der Waals surface area (Å²) in [7, 11) is 3.93.